The van der Waals surface area contributed by atoms with Gasteiger partial charge in [-0.3, -0.25) is 5.14 Å². The number of nitrogens with one attached hydrogen (secondary N) is 1. The van der Waals surface area contributed by atoms with Crippen molar-refractivity contribution in [3.8, 4) is 6.07 Å². The maximum Gasteiger partial charge on any atom is 0.248 e. The number of rotatable bonds is 11. The van der Waals surface area contributed by atoms with Gasteiger partial charge in [0.25, 0.3) is 0 Å². The van der Waals surface area contributed by atoms with Crippen LogP contribution in [-0.4, -0.2) is 26.4 Å². The Morgan fingerprint density at radius 3 is 2.79 bits per heavy atom. The zero-order chi connectivity index (χ0) is 21.5. The van der Waals surface area contributed by atoms with Crippen molar-refractivity contribution in [1.29, 1.82) is 5.26 Å². The topological polar surface area (TPSA) is 91.8 Å². The molecule has 29 heavy (non-hydrogen) atoms. The molecule has 0 amide bonds. The quantitative estimate of drug-likeness (QED) is 0.510. The van der Waals surface area contributed by atoms with Gasteiger partial charge in [0.2, 0.25) is 5.92 Å². The molecule has 0 aliphatic carbocycles. The van der Waals surface area contributed by atoms with E-state index in [1.54, 1.807) is 13.8 Å². The summed E-state index contributed by atoms with van der Waals surface area (Å²) < 4.78 is 39.2. The lowest BCUT2D eigenvalue weighted by Crippen LogP contribution is -2.34. The molecule has 0 fully saturated rings. The minimum Gasteiger partial charge on any atom is -0.370 e. The summed E-state index contributed by atoms with van der Waals surface area (Å²) >= 11 is 0. The maximum atomic E-state index is 14.2. The first kappa shape index (κ1) is 23.7. The fourth-order valence-corrected chi connectivity index (χ4v) is 3.96. The molecule has 1 aliphatic heterocycles. The first-order chi connectivity index (χ1) is 13.6. The van der Waals surface area contributed by atoms with Gasteiger partial charge >= 0.3 is 0 Å². The Balaban J connectivity index is 1.73. The van der Waals surface area contributed by atoms with E-state index < -0.39 is 27.6 Å². The van der Waals surface area contributed by atoms with Crippen molar-refractivity contribution < 1.29 is 13.0 Å². The summed E-state index contributed by atoms with van der Waals surface area (Å²) in [6, 6.07) is 6.13. The van der Waals surface area contributed by atoms with Crippen LogP contribution in [-0.2, 0) is 23.8 Å². The largest absolute Gasteiger partial charge is 0.370 e. The highest BCUT2D eigenvalue weighted by atomic mass is 32.2. The highest BCUT2D eigenvalue weighted by molar-refractivity contribution is 7.84. The third-order valence-corrected chi connectivity index (χ3v) is 6.76. The van der Waals surface area contributed by atoms with Crippen LogP contribution in [0.15, 0.2) is 12.1 Å². The van der Waals surface area contributed by atoms with E-state index in [1.807, 2.05) is 6.07 Å². The number of pyridine rings is 1. The Kier molecular flexibility index (Phi) is 8.53. The predicted octanol–water partition coefficient (Wildman–Crippen LogP) is 4.50. The van der Waals surface area contributed by atoms with Crippen LogP contribution in [0.1, 0.15) is 70.1 Å². The Hall–Kier alpha value is -1.59. The summed E-state index contributed by atoms with van der Waals surface area (Å²) in [5.41, 5.74) is 2.16. The van der Waals surface area contributed by atoms with Crippen LogP contribution in [0.5, 0.6) is 0 Å². The molecule has 3 N–H and O–H groups in total. The summed E-state index contributed by atoms with van der Waals surface area (Å²) in [5, 5.41) is 18.0. The molecule has 0 saturated carbocycles. The number of hydrogen-bond acceptors (Lipinski definition) is 4. The van der Waals surface area contributed by atoms with Gasteiger partial charge < -0.3 is 5.32 Å². The zero-order valence-electron chi connectivity index (χ0n) is 17.3. The molecule has 1 unspecified atom stereocenters. The molecule has 8 heteroatoms. The number of aryl methyl sites for hydroxylation is 2. The first-order valence-electron chi connectivity index (χ1n) is 10.3. The van der Waals surface area contributed by atoms with E-state index in [1.165, 1.54) is 5.56 Å². The molecule has 2 rings (SSSR count). The normalized spacial score (nSPS) is 16.4. The van der Waals surface area contributed by atoms with Gasteiger partial charge in [-0.2, -0.15) is 5.26 Å². The summed E-state index contributed by atoms with van der Waals surface area (Å²) in [5.74, 6) is -2.44. The average molecular weight is 427 g/mol. The lowest BCUT2D eigenvalue weighted by Gasteiger charge is -2.25. The number of hydrogen-bond donors (Lipinski definition) is 2. The molecule has 2 atom stereocenters. The second-order valence-electron chi connectivity index (χ2n) is 8.53. The van der Waals surface area contributed by atoms with Crippen molar-refractivity contribution in [2.45, 2.75) is 82.3 Å². The minimum absolute atomic E-state index is 0.0855. The molecule has 0 aromatic carbocycles. The molecule has 0 bridgehead atoms. The molecule has 0 spiro atoms. The lowest BCUT2D eigenvalue weighted by atomic mass is 9.91. The van der Waals surface area contributed by atoms with Gasteiger partial charge in [0.15, 0.2) is 0 Å². The van der Waals surface area contributed by atoms with E-state index in [4.69, 9.17) is 5.14 Å². The van der Waals surface area contributed by atoms with Crippen molar-refractivity contribution in [3.63, 3.8) is 0 Å². The second-order valence-corrected chi connectivity index (χ2v) is 10.2. The number of nitriles is 1. The van der Waals surface area contributed by atoms with Crippen LogP contribution >= 0.6 is 0 Å². The highest BCUT2D eigenvalue weighted by Gasteiger charge is 2.32. The minimum atomic E-state index is -2.80. The SMILES string of the molecule is CC(C)(C[C@H](C#N)CCC(F)(F)CCCCc1ccc2c(n1)NCCC2)S(N)=O. The Bertz CT molecular complexity index is 749. The third-order valence-electron chi connectivity index (χ3n) is 5.50. The van der Waals surface area contributed by atoms with Gasteiger partial charge in [0.05, 0.1) is 21.8 Å². The number of fused-ring (bicyclic) bond motifs is 1. The number of halogens is 2. The van der Waals surface area contributed by atoms with Crippen LogP contribution in [0.4, 0.5) is 14.6 Å². The van der Waals surface area contributed by atoms with Crippen LogP contribution in [0, 0.1) is 17.2 Å². The Labute approximate surface area is 175 Å². The number of unbranched alkanes of at least 4 members (excludes halogenated alkanes) is 1. The van der Waals surface area contributed by atoms with Crippen LogP contribution in [0.25, 0.3) is 0 Å². The van der Waals surface area contributed by atoms with Gasteiger partial charge in [-0.15, -0.1) is 0 Å². The van der Waals surface area contributed by atoms with Crippen molar-refractivity contribution in [1.82, 2.24) is 4.98 Å². The van der Waals surface area contributed by atoms with Gasteiger partial charge in [0.1, 0.15) is 5.82 Å². The molecule has 1 aromatic heterocycles. The van der Waals surface area contributed by atoms with E-state index in [-0.39, 0.29) is 25.7 Å². The summed E-state index contributed by atoms with van der Waals surface area (Å²) in [4.78, 5) is 4.60. The number of aromatic nitrogens is 1. The van der Waals surface area contributed by atoms with E-state index in [0.717, 1.165) is 30.9 Å². The van der Waals surface area contributed by atoms with Crippen LogP contribution in [0.2, 0.25) is 0 Å². The van der Waals surface area contributed by atoms with Gasteiger partial charge in [-0.25, -0.2) is 18.0 Å². The molecular weight excluding hydrogens is 394 g/mol. The van der Waals surface area contributed by atoms with Crippen LogP contribution in [0.3, 0.4) is 0 Å². The second kappa shape index (κ2) is 10.4. The zero-order valence-corrected chi connectivity index (χ0v) is 18.2. The standard InChI is InChI=1S/C21H32F2N4OS/c1-20(2,29(25)28)14-16(15-24)10-12-21(22,23)11-4-3-7-18-9-8-17-6-5-13-26-19(17)27-18/h8-9,16H,3-7,10-14,25H2,1-2H3,(H,26,27)/t16-,29?/m1/s1. The third kappa shape index (κ3) is 7.63. The molecule has 2 heterocycles. The van der Waals surface area contributed by atoms with Gasteiger partial charge in [0, 0.05) is 31.0 Å². The van der Waals surface area contributed by atoms with Crippen molar-refractivity contribution in [2.24, 2.45) is 11.1 Å². The van der Waals surface area contributed by atoms with E-state index >= 15 is 0 Å². The molecule has 162 valence electrons. The molecule has 1 aromatic rings. The predicted molar refractivity (Wildman–Crippen MR) is 113 cm³/mol. The van der Waals surface area contributed by atoms with E-state index in [2.05, 4.69) is 22.4 Å². The smallest absolute Gasteiger partial charge is 0.248 e. The number of nitrogens with zero attached hydrogens (tertiary/aromatic N) is 2. The maximum absolute atomic E-state index is 14.2. The fraction of sp³-hybridized carbons (Fsp3) is 0.714. The van der Waals surface area contributed by atoms with E-state index in [0.29, 0.717) is 19.3 Å². The van der Waals surface area contributed by atoms with Gasteiger partial charge in [-0.05, 0) is 70.4 Å². The monoisotopic (exact) mass is 426 g/mol. The highest BCUT2D eigenvalue weighted by Crippen LogP contribution is 2.32. The van der Waals surface area contributed by atoms with Crippen LogP contribution < -0.4 is 10.5 Å². The van der Waals surface area contributed by atoms with Crippen molar-refractivity contribution >= 4 is 16.8 Å². The molecule has 5 nitrogen and oxygen atoms in total. The van der Waals surface area contributed by atoms with Crippen molar-refractivity contribution in [2.75, 3.05) is 11.9 Å². The number of nitrogens with two attached hydrogens (primary N) is 1. The molecule has 0 saturated heterocycles. The summed E-state index contributed by atoms with van der Waals surface area (Å²) in [6.07, 6.45) is 3.70. The lowest BCUT2D eigenvalue weighted by molar-refractivity contribution is -0.0225. The Morgan fingerprint density at radius 1 is 1.34 bits per heavy atom. The molecular formula is C21H32F2N4OS. The van der Waals surface area contributed by atoms with Gasteiger partial charge in [-0.1, -0.05) is 6.07 Å². The molecule has 1 aliphatic rings. The first-order valence-corrected chi connectivity index (χ1v) is 11.5. The Morgan fingerprint density at radius 2 is 2.10 bits per heavy atom. The van der Waals surface area contributed by atoms with E-state index in [9.17, 15) is 18.3 Å². The van der Waals surface area contributed by atoms with Crippen molar-refractivity contribution in [3.05, 3.63) is 23.4 Å². The number of anilines is 1. The summed E-state index contributed by atoms with van der Waals surface area (Å²) in [7, 11) is -1.60. The number of alkyl halides is 2. The molecule has 0 radical (unpaired) electrons. The fourth-order valence-electron chi connectivity index (χ4n) is 3.60. The average Bonchev–Trinajstić information content (AvgIpc) is 2.68. The summed E-state index contributed by atoms with van der Waals surface area (Å²) in [6.45, 7) is 4.31.